The highest BCUT2D eigenvalue weighted by Crippen LogP contribution is 2.31. The first-order valence-corrected chi connectivity index (χ1v) is 8.53. The van der Waals surface area contributed by atoms with Gasteiger partial charge in [0.05, 0.1) is 29.9 Å². The van der Waals surface area contributed by atoms with Gasteiger partial charge >= 0.3 is 0 Å². The van der Waals surface area contributed by atoms with Crippen LogP contribution in [0.1, 0.15) is 17.5 Å². The molecule has 0 aliphatic carbocycles. The summed E-state index contributed by atoms with van der Waals surface area (Å²) in [6.07, 6.45) is -4.30. The molecule has 0 radical (unpaired) electrons. The van der Waals surface area contributed by atoms with Crippen LogP contribution < -0.4 is 4.74 Å². The van der Waals surface area contributed by atoms with E-state index in [0.29, 0.717) is 11.1 Å². The van der Waals surface area contributed by atoms with Gasteiger partial charge in [-0.3, -0.25) is 0 Å². The summed E-state index contributed by atoms with van der Waals surface area (Å²) in [4.78, 5) is 0. The number of hydrogen-bond acceptors (Lipinski definition) is 8. The van der Waals surface area contributed by atoms with Gasteiger partial charge in [-0.15, -0.1) is 0 Å². The van der Waals surface area contributed by atoms with Crippen LogP contribution in [-0.4, -0.2) is 51.6 Å². The van der Waals surface area contributed by atoms with Crippen LogP contribution in [0, 0.1) is 22.7 Å². The van der Waals surface area contributed by atoms with Crippen molar-refractivity contribution >= 4 is 0 Å². The van der Waals surface area contributed by atoms with E-state index in [1.165, 1.54) is 24.3 Å². The van der Waals surface area contributed by atoms with Crippen molar-refractivity contribution in [1.82, 2.24) is 0 Å². The topological polar surface area (TPSA) is 147 Å². The molecule has 1 aliphatic heterocycles. The maximum Gasteiger partial charge on any atom is 0.229 e. The molecule has 1 saturated heterocycles. The van der Waals surface area contributed by atoms with Crippen molar-refractivity contribution in [3.8, 4) is 34.8 Å². The van der Waals surface area contributed by atoms with Crippen molar-refractivity contribution in [2.45, 2.75) is 31.0 Å². The molecule has 1 aliphatic rings. The third-order valence-electron chi connectivity index (χ3n) is 4.50. The van der Waals surface area contributed by atoms with Crippen LogP contribution >= 0.6 is 0 Å². The predicted octanol–water partition coefficient (Wildman–Crippen LogP) is 1.01. The molecule has 0 saturated carbocycles. The van der Waals surface area contributed by atoms with Crippen LogP contribution in [0.3, 0.4) is 0 Å². The van der Waals surface area contributed by atoms with Crippen LogP contribution in [0.25, 0.3) is 11.1 Å². The molecule has 0 bridgehead atoms. The zero-order valence-corrected chi connectivity index (χ0v) is 14.7. The Morgan fingerprint density at radius 1 is 1.04 bits per heavy atom. The maximum absolute atomic E-state index is 10.1. The Labute approximate surface area is 161 Å². The average molecular weight is 382 g/mol. The highest BCUT2D eigenvalue weighted by Gasteiger charge is 2.38. The number of hydrogen-bond donors (Lipinski definition) is 4. The molecule has 0 amide bonds. The van der Waals surface area contributed by atoms with Crippen LogP contribution in [0.4, 0.5) is 0 Å². The molecule has 28 heavy (non-hydrogen) atoms. The van der Waals surface area contributed by atoms with Gasteiger partial charge < -0.3 is 29.9 Å². The Balaban J connectivity index is 1.88. The van der Waals surface area contributed by atoms with Crippen molar-refractivity contribution in [2.75, 3.05) is 6.61 Å². The molecule has 1 unspecified atom stereocenters. The molecule has 0 aromatic heterocycles. The number of phenols is 1. The third-order valence-corrected chi connectivity index (χ3v) is 4.50. The molecule has 8 heteroatoms. The van der Waals surface area contributed by atoms with E-state index in [2.05, 4.69) is 0 Å². The molecule has 2 aromatic rings. The van der Waals surface area contributed by atoms with Crippen molar-refractivity contribution in [2.24, 2.45) is 0 Å². The minimum absolute atomic E-state index is 0.0731. The second-order valence-electron chi connectivity index (χ2n) is 6.39. The number of nitrogens with zero attached hydrogens (tertiary/aromatic N) is 2. The van der Waals surface area contributed by atoms with E-state index < -0.39 is 24.6 Å². The van der Waals surface area contributed by atoms with Gasteiger partial charge in [0, 0.05) is 6.42 Å². The number of phenolic OH excluding ortho intramolecular Hbond substituents is 1. The summed E-state index contributed by atoms with van der Waals surface area (Å²) < 4.78 is 11.0. The molecule has 4 atom stereocenters. The van der Waals surface area contributed by atoms with E-state index in [9.17, 15) is 25.7 Å². The molecule has 8 nitrogen and oxygen atoms in total. The summed E-state index contributed by atoms with van der Waals surface area (Å²) in [7, 11) is 0. The van der Waals surface area contributed by atoms with Gasteiger partial charge in [-0.25, -0.2) is 0 Å². The van der Waals surface area contributed by atoms with Gasteiger partial charge in [-0.1, -0.05) is 12.1 Å². The highest BCUT2D eigenvalue weighted by molar-refractivity contribution is 5.70. The van der Waals surface area contributed by atoms with Gasteiger partial charge in [0.1, 0.15) is 29.7 Å². The van der Waals surface area contributed by atoms with Crippen molar-refractivity contribution in [3.05, 3.63) is 47.5 Å². The predicted molar refractivity (Wildman–Crippen MR) is 96.0 cm³/mol. The Bertz CT molecular complexity index is 949. The monoisotopic (exact) mass is 382 g/mol. The second kappa shape index (κ2) is 8.26. The van der Waals surface area contributed by atoms with Crippen molar-refractivity contribution in [3.63, 3.8) is 0 Å². The molecule has 4 N–H and O–H groups in total. The minimum atomic E-state index is -1.33. The van der Waals surface area contributed by atoms with Gasteiger partial charge in [0.25, 0.3) is 0 Å². The molecular formula is C20H18N2O6. The molecular weight excluding hydrogens is 364 g/mol. The maximum atomic E-state index is 10.1. The van der Waals surface area contributed by atoms with E-state index in [0.717, 1.165) is 0 Å². The number of aromatic hydroxyl groups is 1. The van der Waals surface area contributed by atoms with E-state index >= 15 is 0 Å². The second-order valence-corrected chi connectivity index (χ2v) is 6.39. The highest BCUT2D eigenvalue weighted by atomic mass is 16.7. The summed E-state index contributed by atoms with van der Waals surface area (Å²) in [5, 5.41) is 57.3. The molecule has 2 aromatic carbocycles. The molecule has 1 heterocycles. The molecule has 144 valence electrons. The minimum Gasteiger partial charge on any atom is -0.507 e. The summed E-state index contributed by atoms with van der Waals surface area (Å²) >= 11 is 0. The number of rotatable bonds is 4. The number of aliphatic hydroxyl groups excluding tert-OH is 3. The Kier molecular flexibility index (Phi) is 5.78. The van der Waals surface area contributed by atoms with Crippen molar-refractivity contribution in [1.29, 1.82) is 10.5 Å². The lowest BCUT2D eigenvalue weighted by molar-refractivity contribution is -0.240. The number of benzene rings is 2. The SMILES string of the molecule is N#Cc1cc(-c2ccc(OC3O[C@H](CO)C[C@H](O)[C@@H]3O)c(C#N)c2)ccc1O. The first-order valence-electron chi connectivity index (χ1n) is 8.53. The standard InChI is InChI=1S/C20H18N2O6/c21-8-13-5-11(1-3-16(13)24)12-2-4-18(14(6-12)9-22)28-20-19(26)17(25)7-15(10-23)27-20/h1-6,15,17,19-20,23-26H,7,10H2/t15-,17-,19-,20?/m0/s1. The normalized spacial score (nSPS) is 24.2. The smallest absolute Gasteiger partial charge is 0.229 e. The van der Waals surface area contributed by atoms with Crippen LogP contribution in [0.2, 0.25) is 0 Å². The zero-order valence-electron chi connectivity index (χ0n) is 14.7. The van der Waals surface area contributed by atoms with E-state index in [1.54, 1.807) is 12.1 Å². The Morgan fingerprint density at radius 3 is 2.32 bits per heavy atom. The van der Waals surface area contributed by atoms with E-state index in [-0.39, 0.29) is 35.7 Å². The van der Waals surface area contributed by atoms with Crippen LogP contribution in [0.15, 0.2) is 36.4 Å². The van der Waals surface area contributed by atoms with Crippen LogP contribution in [0.5, 0.6) is 11.5 Å². The first kappa shape index (κ1) is 19.6. The van der Waals surface area contributed by atoms with Gasteiger partial charge in [0.2, 0.25) is 6.29 Å². The zero-order chi connectivity index (χ0) is 20.3. The quantitative estimate of drug-likeness (QED) is 0.612. The summed E-state index contributed by atoms with van der Waals surface area (Å²) in [6.45, 7) is -0.338. The fourth-order valence-corrected chi connectivity index (χ4v) is 2.96. The number of ether oxygens (including phenoxy) is 2. The lowest BCUT2D eigenvalue weighted by Crippen LogP contribution is -2.51. The largest absolute Gasteiger partial charge is 0.507 e. The van der Waals surface area contributed by atoms with E-state index in [4.69, 9.17) is 14.7 Å². The fourth-order valence-electron chi connectivity index (χ4n) is 2.96. The molecule has 1 fully saturated rings. The first-order chi connectivity index (χ1) is 13.5. The fraction of sp³-hybridized carbons (Fsp3) is 0.300. The summed E-state index contributed by atoms with van der Waals surface area (Å²) in [6, 6.07) is 13.1. The number of aliphatic hydroxyl groups is 3. The molecule has 3 rings (SSSR count). The number of nitriles is 2. The Morgan fingerprint density at radius 2 is 1.68 bits per heavy atom. The van der Waals surface area contributed by atoms with Gasteiger partial charge in [-0.2, -0.15) is 10.5 Å². The van der Waals surface area contributed by atoms with Crippen LogP contribution in [-0.2, 0) is 4.74 Å². The summed E-state index contributed by atoms with van der Waals surface area (Å²) in [5.74, 6) is 0.00696. The van der Waals surface area contributed by atoms with Crippen molar-refractivity contribution < 1.29 is 29.9 Å². The lowest BCUT2D eigenvalue weighted by Gasteiger charge is -2.36. The average Bonchev–Trinajstić information content (AvgIpc) is 2.71. The third kappa shape index (κ3) is 3.91. The molecule has 0 spiro atoms. The lowest BCUT2D eigenvalue weighted by atomic mass is 10.0. The van der Waals surface area contributed by atoms with E-state index in [1.807, 2.05) is 12.1 Å². The summed E-state index contributed by atoms with van der Waals surface area (Å²) in [5.41, 5.74) is 1.51. The van der Waals surface area contributed by atoms with Gasteiger partial charge in [-0.05, 0) is 35.4 Å². The van der Waals surface area contributed by atoms with Gasteiger partial charge in [0.15, 0.2) is 0 Å². The Hall–Kier alpha value is -3.14.